The average Bonchev–Trinajstić information content (AvgIpc) is 2.41. The van der Waals surface area contributed by atoms with Crippen LogP contribution in [0.5, 0.6) is 0 Å². The molecule has 2 aliphatic rings. The minimum atomic E-state index is -0.274. The summed E-state index contributed by atoms with van der Waals surface area (Å²) < 4.78 is 13.6. The first-order chi connectivity index (χ1) is 9.58. The number of carbonyl (C=O) groups is 1. The molecule has 1 aromatic carbocycles. The van der Waals surface area contributed by atoms with Crippen molar-refractivity contribution in [3.05, 3.63) is 35.1 Å². The molecule has 0 amide bonds. The smallest absolute Gasteiger partial charge is 0.166 e. The highest BCUT2D eigenvalue weighted by Gasteiger charge is 2.39. The monoisotopic (exact) mass is 275 g/mol. The first-order valence-corrected chi connectivity index (χ1v) is 7.59. The van der Waals surface area contributed by atoms with Crippen LogP contribution < -0.4 is 0 Å². The Hall–Kier alpha value is -1.22. The highest BCUT2D eigenvalue weighted by molar-refractivity contribution is 5.99. The molecule has 3 heteroatoms. The zero-order valence-corrected chi connectivity index (χ0v) is 12.2. The highest BCUT2D eigenvalue weighted by Crippen LogP contribution is 2.37. The molecule has 0 saturated carbocycles. The summed E-state index contributed by atoms with van der Waals surface area (Å²) in [6, 6.07) is 5.91. The first-order valence-electron chi connectivity index (χ1n) is 7.59. The molecule has 0 aliphatic carbocycles. The van der Waals surface area contributed by atoms with Gasteiger partial charge in [0, 0.05) is 23.6 Å². The van der Waals surface area contributed by atoms with Crippen molar-refractivity contribution in [1.29, 1.82) is 0 Å². The van der Waals surface area contributed by atoms with Crippen LogP contribution in [0.3, 0.4) is 0 Å². The van der Waals surface area contributed by atoms with Gasteiger partial charge in [0.1, 0.15) is 5.82 Å². The second kappa shape index (κ2) is 5.28. The van der Waals surface area contributed by atoms with Crippen molar-refractivity contribution in [3.63, 3.8) is 0 Å². The molecule has 2 fully saturated rings. The number of carbonyl (C=O) groups excluding carboxylic acids is 1. The number of nitrogens with zero attached hydrogens (tertiary/aromatic N) is 1. The first kappa shape index (κ1) is 13.7. The molecule has 0 N–H and O–H groups in total. The number of benzene rings is 1. The van der Waals surface area contributed by atoms with Gasteiger partial charge < -0.3 is 4.90 Å². The van der Waals surface area contributed by atoms with Crippen LogP contribution in [0.25, 0.3) is 0 Å². The Morgan fingerprint density at radius 1 is 1.25 bits per heavy atom. The molecule has 0 spiro atoms. The fourth-order valence-electron chi connectivity index (χ4n) is 3.92. The van der Waals surface area contributed by atoms with Crippen molar-refractivity contribution < 1.29 is 9.18 Å². The van der Waals surface area contributed by atoms with E-state index in [1.54, 1.807) is 19.1 Å². The third-order valence-corrected chi connectivity index (χ3v) is 5.24. The lowest BCUT2D eigenvalue weighted by Gasteiger charge is -2.46. The van der Waals surface area contributed by atoms with Gasteiger partial charge in [0.15, 0.2) is 5.78 Å². The van der Waals surface area contributed by atoms with E-state index in [0.29, 0.717) is 23.2 Å². The number of hydrogen-bond acceptors (Lipinski definition) is 2. The maximum absolute atomic E-state index is 13.6. The van der Waals surface area contributed by atoms with Crippen LogP contribution in [0.4, 0.5) is 4.39 Å². The number of ketones is 1. The molecule has 0 aromatic heterocycles. The van der Waals surface area contributed by atoms with Crippen LogP contribution in [-0.4, -0.2) is 29.8 Å². The zero-order chi connectivity index (χ0) is 14.3. The van der Waals surface area contributed by atoms with Crippen molar-refractivity contribution in [1.82, 2.24) is 4.90 Å². The van der Waals surface area contributed by atoms with E-state index < -0.39 is 0 Å². The van der Waals surface area contributed by atoms with E-state index in [9.17, 15) is 9.18 Å². The number of Topliss-reactive ketones (excluding diaryl/α,β-unsaturated/α-hetero) is 1. The molecule has 0 radical (unpaired) electrons. The molecule has 1 aromatic rings. The molecule has 3 rings (SSSR count). The second-order valence-corrected chi connectivity index (χ2v) is 6.35. The molecule has 2 saturated heterocycles. The maximum Gasteiger partial charge on any atom is 0.166 e. The summed E-state index contributed by atoms with van der Waals surface area (Å²) in [6.07, 6.45) is 5.53. The number of halogens is 1. The summed E-state index contributed by atoms with van der Waals surface area (Å²) in [5, 5.41) is 0. The summed E-state index contributed by atoms with van der Waals surface area (Å²) in [6.45, 7) is 1.71. The van der Waals surface area contributed by atoms with E-state index in [-0.39, 0.29) is 17.5 Å². The number of piperidine rings is 2. The summed E-state index contributed by atoms with van der Waals surface area (Å²) in [7, 11) is 2.18. The summed E-state index contributed by atoms with van der Waals surface area (Å²) in [5.41, 5.74) is 1.08. The van der Waals surface area contributed by atoms with Gasteiger partial charge in [-0.25, -0.2) is 4.39 Å². The van der Waals surface area contributed by atoms with Crippen molar-refractivity contribution in [2.45, 2.75) is 51.1 Å². The molecule has 2 atom stereocenters. The van der Waals surface area contributed by atoms with Crippen molar-refractivity contribution in [2.24, 2.45) is 5.92 Å². The lowest BCUT2D eigenvalue weighted by Crippen LogP contribution is -2.51. The van der Waals surface area contributed by atoms with Gasteiger partial charge in [-0.15, -0.1) is 0 Å². The van der Waals surface area contributed by atoms with Crippen LogP contribution in [0.1, 0.15) is 48.0 Å². The Balaban J connectivity index is 1.83. The van der Waals surface area contributed by atoms with Crippen LogP contribution in [-0.2, 0) is 0 Å². The van der Waals surface area contributed by atoms with Gasteiger partial charge in [-0.3, -0.25) is 4.79 Å². The lowest BCUT2D eigenvalue weighted by atomic mass is 9.75. The normalized spacial score (nSPS) is 30.2. The SMILES string of the molecule is Cc1c(F)cccc1C(=O)C1CC2CCCC(C1)N2C. The van der Waals surface area contributed by atoms with Crippen LogP contribution >= 0.6 is 0 Å². The Bertz CT molecular complexity index is 514. The van der Waals surface area contributed by atoms with Gasteiger partial charge in [-0.2, -0.15) is 0 Å². The fraction of sp³-hybridized carbons (Fsp3) is 0.588. The van der Waals surface area contributed by atoms with Crippen molar-refractivity contribution >= 4 is 5.78 Å². The van der Waals surface area contributed by atoms with Crippen molar-refractivity contribution in [2.75, 3.05) is 7.05 Å². The van der Waals surface area contributed by atoms with Crippen LogP contribution in [0, 0.1) is 18.7 Å². The molecule has 2 bridgehead atoms. The second-order valence-electron chi connectivity index (χ2n) is 6.35. The van der Waals surface area contributed by atoms with E-state index in [1.165, 1.54) is 25.3 Å². The maximum atomic E-state index is 13.6. The van der Waals surface area contributed by atoms with E-state index in [2.05, 4.69) is 11.9 Å². The minimum absolute atomic E-state index is 0.0713. The summed E-state index contributed by atoms with van der Waals surface area (Å²) in [4.78, 5) is 15.2. The van der Waals surface area contributed by atoms with E-state index >= 15 is 0 Å². The van der Waals surface area contributed by atoms with E-state index in [1.807, 2.05) is 0 Å². The Morgan fingerprint density at radius 3 is 2.55 bits per heavy atom. The molecule has 2 nitrogen and oxygen atoms in total. The largest absolute Gasteiger partial charge is 0.300 e. The highest BCUT2D eigenvalue weighted by atomic mass is 19.1. The van der Waals surface area contributed by atoms with Gasteiger partial charge in [-0.1, -0.05) is 18.6 Å². The molecule has 20 heavy (non-hydrogen) atoms. The van der Waals surface area contributed by atoms with Crippen molar-refractivity contribution in [3.8, 4) is 0 Å². The molecule has 2 aliphatic heterocycles. The number of hydrogen-bond donors (Lipinski definition) is 0. The van der Waals surface area contributed by atoms with Gasteiger partial charge in [-0.05, 0) is 51.3 Å². The molecule has 2 unspecified atom stereocenters. The molecule has 2 heterocycles. The predicted octanol–water partition coefficient (Wildman–Crippen LogP) is 3.58. The standard InChI is InChI=1S/C17H22FNO/c1-11-15(7-4-8-16(11)18)17(20)12-9-13-5-3-6-14(10-12)19(13)2/h4,7-8,12-14H,3,5-6,9-10H2,1-2H3. The Kier molecular flexibility index (Phi) is 3.63. The van der Waals surface area contributed by atoms with Gasteiger partial charge in [0.25, 0.3) is 0 Å². The van der Waals surface area contributed by atoms with Crippen LogP contribution in [0.2, 0.25) is 0 Å². The van der Waals surface area contributed by atoms with Gasteiger partial charge >= 0.3 is 0 Å². The molecular weight excluding hydrogens is 253 g/mol. The molecule has 108 valence electrons. The topological polar surface area (TPSA) is 20.3 Å². The Labute approximate surface area is 120 Å². The summed E-state index contributed by atoms with van der Waals surface area (Å²) >= 11 is 0. The van der Waals surface area contributed by atoms with Crippen LogP contribution in [0.15, 0.2) is 18.2 Å². The van der Waals surface area contributed by atoms with Gasteiger partial charge in [0.2, 0.25) is 0 Å². The Morgan fingerprint density at radius 2 is 1.90 bits per heavy atom. The van der Waals surface area contributed by atoms with E-state index in [4.69, 9.17) is 0 Å². The third-order valence-electron chi connectivity index (χ3n) is 5.24. The fourth-order valence-corrected chi connectivity index (χ4v) is 3.92. The lowest BCUT2D eigenvalue weighted by molar-refractivity contribution is 0.0338. The quantitative estimate of drug-likeness (QED) is 0.769. The number of fused-ring (bicyclic) bond motifs is 2. The van der Waals surface area contributed by atoms with Gasteiger partial charge in [0.05, 0.1) is 0 Å². The predicted molar refractivity (Wildman–Crippen MR) is 77.4 cm³/mol. The summed E-state index contributed by atoms with van der Waals surface area (Å²) in [5.74, 6) is -0.0574. The minimum Gasteiger partial charge on any atom is -0.300 e. The average molecular weight is 275 g/mol. The zero-order valence-electron chi connectivity index (χ0n) is 12.2. The third kappa shape index (κ3) is 2.28. The number of rotatable bonds is 2. The molecular formula is C17H22FNO. The van der Waals surface area contributed by atoms with E-state index in [0.717, 1.165) is 12.8 Å².